The van der Waals surface area contributed by atoms with Crippen LogP contribution in [0.25, 0.3) is 0 Å². The van der Waals surface area contributed by atoms with E-state index in [4.69, 9.17) is 9.47 Å². The zero-order chi connectivity index (χ0) is 17.1. The molecule has 5 heteroatoms. The molecule has 1 N–H and O–H groups in total. The van der Waals surface area contributed by atoms with Gasteiger partial charge in [-0.05, 0) is 42.7 Å². The van der Waals surface area contributed by atoms with E-state index in [9.17, 15) is 5.11 Å². The van der Waals surface area contributed by atoms with Crippen molar-refractivity contribution in [3.8, 4) is 11.5 Å². The van der Waals surface area contributed by atoms with E-state index in [-0.39, 0.29) is 18.2 Å². The normalized spacial score (nSPS) is 26.4. The Kier molecular flexibility index (Phi) is 4.85. The van der Waals surface area contributed by atoms with Crippen LogP contribution in [0.4, 0.5) is 0 Å². The third kappa shape index (κ3) is 3.78. The number of nitrogens with zero attached hydrogens (tertiary/aromatic N) is 2. The highest BCUT2D eigenvalue weighted by atomic mass is 16.6. The van der Waals surface area contributed by atoms with Gasteiger partial charge in [0.2, 0.25) is 0 Å². The summed E-state index contributed by atoms with van der Waals surface area (Å²) >= 11 is 0. The molecular weight excluding hydrogens is 316 g/mol. The summed E-state index contributed by atoms with van der Waals surface area (Å²) in [5.74, 6) is 1.66. The van der Waals surface area contributed by atoms with Crippen molar-refractivity contribution >= 4 is 0 Å². The van der Waals surface area contributed by atoms with Crippen molar-refractivity contribution in [2.24, 2.45) is 0 Å². The van der Waals surface area contributed by atoms with Crippen molar-refractivity contribution in [3.05, 3.63) is 54.4 Å². The largest absolute Gasteiger partial charge is 0.486 e. The number of benzene rings is 1. The molecule has 2 aliphatic heterocycles. The molecular formula is C20H24N2O3. The second kappa shape index (κ2) is 7.42. The lowest BCUT2D eigenvalue weighted by Gasteiger charge is -2.39. The molecule has 3 heterocycles. The highest BCUT2D eigenvalue weighted by Crippen LogP contribution is 2.33. The number of hydrogen-bond donors (Lipinski definition) is 1. The third-order valence-corrected chi connectivity index (χ3v) is 5.08. The molecule has 0 bridgehead atoms. The van der Waals surface area contributed by atoms with Gasteiger partial charge in [0.1, 0.15) is 12.7 Å². The predicted octanol–water partition coefficient (Wildman–Crippen LogP) is 2.81. The van der Waals surface area contributed by atoms with E-state index in [0.717, 1.165) is 43.9 Å². The van der Waals surface area contributed by atoms with Gasteiger partial charge in [0.15, 0.2) is 11.5 Å². The maximum Gasteiger partial charge on any atom is 0.161 e. The number of hydrogen-bond acceptors (Lipinski definition) is 5. The van der Waals surface area contributed by atoms with E-state index in [1.807, 2.05) is 48.8 Å². The number of para-hydroxylation sites is 2. The average Bonchev–Trinajstić information content (AvgIpc) is 2.67. The molecule has 2 aliphatic rings. The molecule has 5 nitrogen and oxygen atoms in total. The Bertz CT molecular complexity index is 694. The second-order valence-electron chi connectivity index (χ2n) is 6.80. The highest BCUT2D eigenvalue weighted by molar-refractivity contribution is 5.40. The maximum atomic E-state index is 10.1. The minimum absolute atomic E-state index is 0.0693. The maximum absolute atomic E-state index is 10.1. The number of rotatable bonds is 4. The van der Waals surface area contributed by atoms with Gasteiger partial charge in [-0.15, -0.1) is 0 Å². The molecule has 2 aromatic rings. The zero-order valence-corrected chi connectivity index (χ0v) is 14.3. The molecule has 1 aromatic carbocycles. The number of pyridine rings is 1. The van der Waals surface area contributed by atoms with Gasteiger partial charge in [-0.25, -0.2) is 0 Å². The number of fused-ring (bicyclic) bond motifs is 1. The quantitative estimate of drug-likeness (QED) is 0.927. The number of aliphatic hydroxyl groups excluding tert-OH is 1. The molecule has 25 heavy (non-hydrogen) atoms. The molecule has 1 aromatic heterocycles. The Morgan fingerprint density at radius 3 is 2.76 bits per heavy atom. The summed E-state index contributed by atoms with van der Waals surface area (Å²) in [5, 5.41) is 10.1. The summed E-state index contributed by atoms with van der Waals surface area (Å²) in [7, 11) is 0. The molecule has 0 spiro atoms. The molecule has 4 rings (SSSR count). The minimum atomic E-state index is -0.226. The van der Waals surface area contributed by atoms with E-state index in [1.165, 1.54) is 5.56 Å². The van der Waals surface area contributed by atoms with Crippen molar-refractivity contribution < 1.29 is 14.6 Å². The van der Waals surface area contributed by atoms with Crippen LogP contribution in [0.1, 0.15) is 30.9 Å². The van der Waals surface area contributed by atoms with Crippen molar-refractivity contribution in [3.63, 3.8) is 0 Å². The van der Waals surface area contributed by atoms with Gasteiger partial charge in [-0.3, -0.25) is 9.88 Å². The van der Waals surface area contributed by atoms with E-state index < -0.39 is 0 Å². The number of piperidine rings is 1. The first kappa shape index (κ1) is 16.4. The average molecular weight is 340 g/mol. The first-order chi connectivity index (χ1) is 12.3. The van der Waals surface area contributed by atoms with Gasteiger partial charge in [-0.1, -0.05) is 12.1 Å². The Labute approximate surface area is 148 Å². The lowest BCUT2D eigenvalue weighted by atomic mass is 9.93. The van der Waals surface area contributed by atoms with Gasteiger partial charge < -0.3 is 14.6 Å². The van der Waals surface area contributed by atoms with E-state index in [2.05, 4.69) is 9.88 Å². The molecule has 0 amide bonds. The monoisotopic (exact) mass is 340 g/mol. The molecule has 132 valence electrons. The van der Waals surface area contributed by atoms with E-state index in [0.29, 0.717) is 6.61 Å². The molecule has 1 fully saturated rings. The van der Waals surface area contributed by atoms with Crippen LogP contribution in [0.3, 0.4) is 0 Å². The van der Waals surface area contributed by atoms with Crippen LogP contribution in [-0.2, 0) is 0 Å². The summed E-state index contributed by atoms with van der Waals surface area (Å²) in [6.07, 6.45) is 6.00. The highest BCUT2D eigenvalue weighted by Gasteiger charge is 2.30. The van der Waals surface area contributed by atoms with Crippen molar-refractivity contribution in [1.82, 2.24) is 9.88 Å². The summed E-state index contributed by atoms with van der Waals surface area (Å²) in [6, 6.07) is 12.2. The van der Waals surface area contributed by atoms with Gasteiger partial charge >= 0.3 is 0 Å². The Morgan fingerprint density at radius 2 is 1.92 bits per heavy atom. The fourth-order valence-corrected chi connectivity index (χ4v) is 3.71. The lowest BCUT2D eigenvalue weighted by molar-refractivity contribution is 0.0246. The lowest BCUT2D eigenvalue weighted by Crippen LogP contribution is -2.41. The van der Waals surface area contributed by atoms with Crippen molar-refractivity contribution in [2.75, 3.05) is 19.7 Å². The van der Waals surface area contributed by atoms with Crippen LogP contribution in [0.15, 0.2) is 48.8 Å². The predicted molar refractivity (Wildman–Crippen MR) is 94.8 cm³/mol. The standard InChI is InChI=1S/C20H24N2O3/c23-16-7-11-22(18(13-16)15-5-9-21-10-6-15)12-8-17-14-24-19-3-1-2-4-20(19)25-17/h1-6,9-10,16-18,23H,7-8,11-14H2. The number of aromatic nitrogens is 1. The van der Waals surface area contributed by atoms with Gasteiger partial charge in [0.25, 0.3) is 0 Å². The number of aliphatic hydroxyl groups is 1. The van der Waals surface area contributed by atoms with Crippen molar-refractivity contribution in [2.45, 2.75) is 37.5 Å². The molecule has 1 saturated heterocycles. The van der Waals surface area contributed by atoms with Crippen LogP contribution in [-0.4, -0.2) is 46.9 Å². The SMILES string of the molecule is OC1CCN(CCC2COc3ccccc3O2)C(c2ccncc2)C1. The Morgan fingerprint density at radius 1 is 1.12 bits per heavy atom. The molecule has 0 aliphatic carbocycles. The smallest absolute Gasteiger partial charge is 0.161 e. The van der Waals surface area contributed by atoms with Gasteiger partial charge in [0.05, 0.1) is 6.10 Å². The van der Waals surface area contributed by atoms with E-state index in [1.54, 1.807) is 0 Å². The van der Waals surface area contributed by atoms with Crippen LogP contribution in [0.2, 0.25) is 0 Å². The Balaban J connectivity index is 1.39. The topological polar surface area (TPSA) is 54.8 Å². The second-order valence-corrected chi connectivity index (χ2v) is 6.80. The first-order valence-electron chi connectivity index (χ1n) is 9.00. The molecule has 0 saturated carbocycles. The third-order valence-electron chi connectivity index (χ3n) is 5.08. The van der Waals surface area contributed by atoms with Gasteiger partial charge in [-0.2, -0.15) is 0 Å². The number of likely N-dealkylation sites (tertiary alicyclic amines) is 1. The van der Waals surface area contributed by atoms with E-state index >= 15 is 0 Å². The summed E-state index contributed by atoms with van der Waals surface area (Å²) in [5.41, 5.74) is 1.22. The van der Waals surface area contributed by atoms with Gasteiger partial charge in [0, 0.05) is 37.9 Å². The van der Waals surface area contributed by atoms with Crippen LogP contribution >= 0.6 is 0 Å². The fourth-order valence-electron chi connectivity index (χ4n) is 3.71. The summed E-state index contributed by atoms with van der Waals surface area (Å²) in [6.45, 7) is 2.42. The molecule has 3 atom stereocenters. The molecule has 3 unspecified atom stereocenters. The Hall–Kier alpha value is -2.11. The molecule has 0 radical (unpaired) electrons. The van der Waals surface area contributed by atoms with Crippen molar-refractivity contribution in [1.29, 1.82) is 0 Å². The minimum Gasteiger partial charge on any atom is -0.486 e. The zero-order valence-electron chi connectivity index (χ0n) is 14.3. The van der Waals surface area contributed by atoms with Crippen LogP contribution in [0.5, 0.6) is 11.5 Å². The van der Waals surface area contributed by atoms with Crippen LogP contribution < -0.4 is 9.47 Å². The van der Waals surface area contributed by atoms with Crippen LogP contribution in [0, 0.1) is 0 Å². The fraction of sp³-hybridized carbons (Fsp3) is 0.450. The summed E-state index contributed by atoms with van der Waals surface area (Å²) < 4.78 is 11.9. The number of ether oxygens (including phenoxy) is 2. The first-order valence-corrected chi connectivity index (χ1v) is 9.00. The summed E-state index contributed by atoms with van der Waals surface area (Å²) in [4.78, 5) is 6.56.